The predicted molar refractivity (Wildman–Crippen MR) is 467 cm³/mol. The summed E-state index contributed by atoms with van der Waals surface area (Å²) in [6.07, 6.45) is 37.1. The Morgan fingerprint density at radius 2 is 0.288 bits per heavy atom. The highest BCUT2D eigenvalue weighted by molar-refractivity contribution is 8.32. The van der Waals surface area contributed by atoms with E-state index in [0.29, 0.717) is 26.4 Å². The monoisotopic (exact) mass is 1710 g/mol. The van der Waals surface area contributed by atoms with Gasteiger partial charge in [0.25, 0.3) is 0 Å². The normalized spacial score (nSPS) is 15.8. The second-order valence-electron chi connectivity index (χ2n) is 26.9. The minimum absolute atomic E-state index is 0.676. The fourth-order valence-corrected chi connectivity index (χ4v) is 35.5. The summed E-state index contributed by atoms with van der Waals surface area (Å²) in [7, 11) is 0. The van der Waals surface area contributed by atoms with E-state index in [1.807, 2.05) is 188 Å². The molecule has 8 aliphatic rings. The first-order valence-electron chi connectivity index (χ1n) is 39.2. The smallest absolute Gasteiger partial charge is 0.149 e. The van der Waals surface area contributed by atoms with Crippen molar-refractivity contribution in [2.75, 3.05) is 63.0 Å². The second kappa shape index (κ2) is 44.1. The van der Waals surface area contributed by atoms with Gasteiger partial charge in [-0.05, 0) is 51.4 Å². The van der Waals surface area contributed by atoms with Crippen LogP contribution in [0.15, 0.2) is 104 Å². The molecule has 0 spiro atoms. The van der Waals surface area contributed by atoms with Gasteiger partial charge in [-0.1, -0.05) is 351 Å². The first-order valence-corrected chi connectivity index (χ1v) is 53.0. The Hall–Kier alpha value is 0.100. The zero-order valence-corrected chi connectivity index (χ0v) is 75.6. The van der Waals surface area contributed by atoms with Gasteiger partial charge >= 0.3 is 0 Å². The van der Waals surface area contributed by atoms with E-state index in [-0.39, 0.29) is 0 Å². The Bertz CT molecular complexity index is 3220. The Kier molecular flexibility index (Phi) is 35.4. The molecule has 0 bridgehead atoms. The van der Waals surface area contributed by atoms with Crippen molar-refractivity contribution in [1.82, 2.24) is 0 Å². The SMILES string of the molecule is CCCCCCOc1c2c(c(OCCCCCC)c3c1SC(=C1Sc4c(OCCCCCC)c5c(c(OCCCCCC)c4S1)SC(=C1Sc4c(OCCCCCC)c6c(c(OCCCCCC)c4S1)SC(=C1Sc4c(OCCCCCC)c7c(c(OCCCCCC)c4S1)SCS7)S6)S5)S3)SCS2. The minimum atomic E-state index is 0.676. The molecule has 8 aliphatic heterocycles. The average molecular weight is 1710 g/mol. The molecule has 0 amide bonds. The van der Waals surface area contributed by atoms with Crippen LogP contribution in [0.3, 0.4) is 0 Å². The third-order valence-corrected chi connectivity index (χ3v) is 40.5. The molecule has 4 aromatic carbocycles. The largest absolute Gasteiger partial charge is 0.491 e. The first kappa shape index (κ1) is 83.5. The number of benzene rings is 4. The van der Waals surface area contributed by atoms with E-state index in [4.69, 9.17) is 37.9 Å². The molecule has 12 rings (SSSR count). The fraction of sp³-hybridized carbons (Fsp3) is 0.625. The molecule has 0 radical (unpaired) electrons. The summed E-state index contributed by atoms with van der Waals surface area (Å²) in [6, 6.07) is 0. The van der Waals surface area contributed by atoms with E-state index in [0.717, 1.165) is 160 Å². The van der Waals surface area contributed by atoms with Crippen molar-refractivity contribution < 1.29 is 37.9 Å². The molecule has 0 atom stereocenters. The van der Waals surface area contributed by atoms with Crippen LogP contribution in [0.1, 0.15) is 261 Å². The summed E-state index contributed by atoms with van der Waals surface area (Å²) in [5.41, 5.74) is 0. The Morgan fingerprint density at radius 3 is 0.413 bits per heavy atom. The highest BCUT2D eigenvalue weighted by atomic mass is 32.2. The van der Waals surface area contributed by atoms with E-state index in [2.05, 4.69) is 55.4 Å². The Morgan fingerprint density at radius 1 is 0.163 bits per heavy atom. The van der Waals surface area contributed by atoms with Gasteiger partial charge in [-0.3, -0.25) is 0 Å². The van der Waals surface area contributed by atoms with Crippen LogP contribution in [0, 0.1) is 0 Å². The van der Waals surface area contributed by atoms with Crippen molar-refractivity contribution >= 4 is 188 Å². The van der Waals surface area contributed by atoms with Gasteiger partial charge in [0.15, 0.2) is 0 Å². The van der Waals surface area contributed by atoms with Crippen LogP contribution in [0.5, 0.6) is 46.0 Å². The zero-order chi connectivity index (χ0) is 72.0. The third-order valence-electron chi connectivity index (χ3n) is 18.6. The maximum absolute atomic E-state index is 7.32. The summed E-state index contributed by atoms with van der Waals surface area (Å²) in [5, 5.41) is 1.97. The number of hydrogen-bond donors (Lipinski definition) is 0. The lowest BCUT2D eigenvalue weighted by molar-refractivity contribution is 0.271. The van der Waals surface area contributed by atoms with Gasteiger partial charge in [0.2, 0.25) is 0 Å². The van der Waals surface area contributed by atoms with Crippen molar-refractivity contribution in [1.29, 1.82) is 0 Å². The molecule has 0 fully saturated rings. The van der Waals surface area contributed by atoms with Crippen LogP contribution in [-0.2, 0) is 0 Å². The molecular formula is C80H108O8S16. The summed E-state index contributed by atoms with van der Waals surface area (Å²) >= 11 is 30.5. The first-order chi connectivity index (χ1) is 51.4. The quantitative estimate of drug-likeness (QED) is 0.0394. The molecule has 104 heavy (non-hydrogen) atoms. The van der Waals surface area contributed by atoms with Gasteiger partial charge in [-0.2, -0.15) is 0 Å². The molecule has 0 unspecified atom stereocenters. The highest BCUT2D eigenvalue weighted by Crippen LogP contribution is 2.77. The van der Waals surface area contributed by atoms with Gasteiger partial charge in [-0.15, -0.1) is 47.0 Å². The lowest BCUT2D eigenvalue weighted by Crippen LogP contribution is -2.04. The molecule has 0 aliphatic carbocycles. The van der Waals surface area contributed by atoms with Crippen LogP contribution in [-0.4, -0.2) is 63.0 Å². The van der Waals surface area contributed by atoms with Crippen molar-refractivity contribution in [2.45, 2.75) is 339 Å². The maximum Gasteiger partial charge on any atom is 0.149 e. The molecule has 0 saturated heterocycles. The van der Waals surface area contributed by atoms with E-state index >= 15 is 0 Å². The van der Waals surface area contributed by atoms with Crippen LogP contribution in [0.25, 0.3) is 0 Å². The van der Waals surface area contributed by atoms with Crippen LogP contribution in [0.2, 0.25) is 0 Å². The summed E-state index contributed by atoms with van der Waals surface area (Å²) in [6.45, 7) is 24.0. The van der Waals surface area contributed by atoms with Gasteiger partial charge in [-0.25, -0.2) is 0 Å². The Balaban J connectivity index is 0.906. The van der Waals surface area contributed by atoms with Crippen molar-refractivity contribution in [2.24, 2.45) is 0 Å². The number of ether oxygens (including phenoxy) is 8. The van der Waals surface area contributed by atoms with Crippen LogP contribution < -0.4 is 37.9 Å². The highest BCUT2D eigenvalue weighted by Gasteiger charge is 2.46. The molecule has 0 saturated carbocycles. The summed E-state index contributed by atoms with van der Waals surface area (Å²) < 4.78 is 64.9. The fourth-order valence-electron chi connectivity index (χ4n) is 12.8. The maximum atomic E-state index is 7.32. The molecule has 8 nitrogen and oxygen atoms in total. The van der Waals surface area contributed by atoms with Gasteiger partial charge in [0.05, 0.1) is 157 Å². The summed E-state index contributed by atoms with van der Waals surface area (Å²) in [5.74, 6) is 8.34. The topological polar surface area (TPSA) is 73.8 Å². The van der Waals surface area contributed by atoms with Crippen LogP contribution >= 0.6 is 188 Å². The van der Waals surface area contributed by atoms with Crippen molar-refractivity contribution in [3.8, 4) is 46.0 Å². The van der Waals surface area contributed by atoms with Crippen molar-refractivity contribution in [3.63, 3.8) is 0 Å². The average Bonchev–Trinajstić information content (AvgIpc) is 1.57. The second-order valence-corrected chi connectivity index (χ2v) is 45.4. The standard InChI is InChI=1S/C80H108O8S16/c1-9-17-25-33-41-81-51-59-60(90-49-89-59)52(82-42-34-26-18-10-2)64-63(51)93-75(94-64)77-97-67-55(85-45-37-29-21-13-5)71-72(56(68(67)98-77)86-46-38-30-22-14-6)102-79(101-71)80-103-73-57(87-47-39-31-23-15-7)69-70(58(74(73)104-80)88-48-40-32-24-16-8)100-78(99-69)76-95-65-53(83-43-35-27-19-11-3)61-62(92-50-91-61)54(66(65)96-76)84-44-36-28-20-12-4/h9-50H2,1-8H3. The van der Waals surface area contributed by atoms with Crippen molar-refractivity contribution in [3.05, 3.63) is 25.4 Å². The molecule has 24 heteroatoms. The molecule has 0 N–H and O–H groups in total. The van der Waals surface area contributed by atoms with E-state index in [1.165, 1.54) is 232 Å². The summed E-state index contributed by atoms with van der Waals surface area (Å²) in [4.78, 5) is 19.6. The third kappa shape index (κ3) is 20.8. The number of hydrogen-bond acceptors (Lipinski definition) is 24. The van der Waals surface area contributed by atoms with E-state index in [9.17, 15) is 0 Å². The van der Waals surface area contributed by atoms with Gasteiger partial charge in [0.1, 0.15) is 46.0 Å². The van der Waals surface area contributed by atoms with E-state index < -0.39 is 0 Å². The lowest BCUT2D eigenvalue weighted by atomic mass is 10.2. The molecule has 0 aromatic heterocycles. The Labute approximate surface area is 692 Å². The van der Waals surface area contributed by atoms with Crippen LogP contribution in [0.4, 0.5) is 0 Å². The number of unbranched alkanes of at least 4 members (excludes halogenated alkanes) is 24. The minimum Gasteiger partial charge on any atom is -0.491 e. The molecule has 572 valence electrons. The van der Waals surface area contributed by atoms with E-state index in [1.54, 1.807) is 0 Å². The molecular weight excluding hydrogens is 1600 g/mol. The lowest BCUT2D eigenvalue weighted by Gasteiger charge is -2.18. The number of fused-ring (bicyclic) bond motifs is 8. The molecule has 8 heterocycles. The molecule has 4 aromatic rings. The van der Waals surface area contributed by atoms with Gasteiger partial charge in [0, 0.05) is 10.2 Å². The van der Waals surface area contributed by atoms with Gasteiger partial charge < -0.3 is 37.9 Å². The number of thioether (sulfide) groups is 16. The zero-order valence-electron chi connectivity index (χ0n) is 62.5. The number of rotatable bonds is 48. The predicted octanol–water partition coefficient (Wildman–Crippen LogP) is 32.3.